The second-order valence-electron chi connectivity index (χ2n) is 3.97. The maximum atomic E-state index is 12.7. The molecule has 1 aromatic heterocycles. The first-order chi connectivity index (χ1) is 8.00. The lowest BCUT2D eigenvalue weighted by atomic mass is 9.95. The molecular formula is C11H11F3N2O. The molecule has 0 amide bonds. The first-order valence-electron chi connectivity index (χ1n) is 5.26. The van der Waals surface area contributed by atoms with Crippen molar-refractivity contribution in [3.63, 3.8) is 0 Å². The molecule has 0 radical (unpaired) electrons. The van der Waals surface area contributed by atoms with Gasteiger partial charge in [-0.1, -0.05) is 0 Å². The van der Waals surface area contributed by atoms with Crippen LogP contribution in [-0.2, 0) is 6.18 Å². The molecule has 17 heavy (non-hydrogen) atoms. The molecule has 1 saturated heterocycles. The number of Topliss-reactive ketones (excluding diaryl/α,β-unsaturated/α-hetero) is 1. The molecule has 1 aliphatic rings. The van der Waals surface area contributed by atoms with Gasteiger partial charge in [0.15, 0.2) is 5.78 Å². The Morgan fingerprint density at radius 3 is 2.82 bits per heavy atom. The first-order valence-corrected chi connectivity index (χ1v) is 5.26. The van der Waals surface area contributed by atoms with Gasteiger partial charge in [0, 0.05) is 30.4 Å². The van der Waals surface area contributed by atoms with Crippen LogP contribution in [0, 0.1) is 5.92 Å². The van der Waals surface area contributed by atoms with Crippen LogP contribution in [0.15, 0.2) is 18.5 Å². The van der Waals surface area contributed by atoms with Crippen molar-refractivity contribution in [2.24, 2.45) is 5.92 Å². The first kappa shape index (κ1) is 12.0. The zero-order valence-corrected chi connectivity index (χ0v) is 8.92. The monoisotopic (exact) mass is 244 g/mol. The minimum atomic E-state index is -4.51. The van der Waals surface area contributed by atoms with Gasteiger partial charge in [-0.3, -0.25) is 9.78 Å². The molecule has 6 heteroatoms. The largest absolute Gasteiger partial charge is 0.417 e. The summed E-state index contributed by atoms with van der Waals surface area (Å²) in [6.45, 7) is 1.10. The zero-order chi connectivity index (χ0) is 12.5. The fourth-order valence-electron chi connectivity index (χ4n) is 1.94. The Kier molecular flexibility index (Phi) is 3.15. The van der Waals surface area contributed by atoms with Crippen molar-refractivity contribution in [1.29, 1.82) is 0 Å². The van der Waals surface area contributed by atoms with E-state index in [1.54, 1.807) is 0 Å². The Labute approximate surface area is 96.0 Å². The number of nitrogens with zero attached hydrogens (tertiary/aromatic N) is 1. The van der Waals surface area contributed by atoms with Crippen LogP contribution in [0.25, 0.3) is 0 Å². The molecule has 0 aromatic carbocycles. The summed E-state index contributed by atoms with van der Waals surface area (Å²) in [5.74, 6) is -0.851. The van der Waals surface area contributed by atoms with Crippen molar-refractivity contribution in [1.82, 2.24) is 10.3 Å². The number of rotatable bonds is 2. The molecular weight excluding hydrogens is 233 g/mol. The van der Waals surface area contributed by atoms with Crippen LogP contribution < -0.4 is 5.32 Å². The quantitative estimate of drug-likeness (QED) is 0.808. The van der Waals surface area contributed by atoms with Crippen LogP contribution in [0.1, 0.15) is 22.3 Å². The van der Waals surface area contributed by atoms with E-state index in [9.17, 15) is 18.0 Å². The average molecular weight is 244 g/mol. The number of pyridine rings is 1. The molecule has 1 fully saturated rings. The van der Waals surface area contributed by atoms with E-state index in [-0.39, 0.29) is 11.5 Å². The van der Waals surface area contributed by atoms with Gasteiger partial charge in [-0.15, -0.1) is 0 Å². The van der Waals surface area contributed by atoms with E-state index in [1.807, 2.05) is 0 Å². The predicted octanol–water partition coefficient (Wildman–Crippen LogP) is 1.89. The number of nitrogens with one attached hydrogen (secondary N) is 1. The fraction of sp³-hybridized carbons (Fsp3) is 0.455. The Hall–Kier alpha value is -1.43. The Bertz CT molecular complexity index is 425. The van der Waals surface area contributed by atoms with E-state index >= 15 is 0 Å². The molecule has 1 atom stereocenters. The molecule has 0 bridgehead atoms. The number of alkyl halides is 3. The summed E-state index contributed by atoms with van der Waals surface area (Å²) in [6, 6.07) is 0.843. The number of hydrogen-bond donors (Lipinski definition) is 1. The minimum Gasteiger partial charge on any atom is -0.316 e. The average Bonchev–Trinajstić information content (AvgIpc) is 2.80. The fourth-order valence-corrected chi connectivity index (χ4v) is 1.94. The summed E-state index contributed by atoms with van der Waals surface area (Å²) in [5, 5.41) is 2.96. The van der Waals surface area contributed by atoms with E-state index in [4.69, 9.17) is 0 Å². The molecule has 0 spiro atoms. The van der Waals surface area contributed by atoms with E-state index in [1.165, 1.54) is 0 Å². The lowest BCUT2D eigenvalue weighted by Gasteiger charge is -2.13. The highest BCUT2D eigenvalue weighted by atomic mass is 19.4. The van der Waals surface area contributed by atoms with E-state index in [2.05, 4.69) is 10.3 Å². The normalized spacial score (nSPS) is 20.5. The second kappa shape index (κ2) is 4.44. The third kappa shape index (κ3) is 2.46. The van der Waals surface area contributed by atoms with Crippen molar-refractivity contribution < 1.29 is 18.0 Å². The van der Waals surface area contributed by atoms with Crippen LogP contribution in [0.4, 0.5) is 13.2 Å². The van der Waals surface area contributed by atoms with Crippen LogP contribution in [0.5, 0.6) is 0 Å². The SMILES string of the molecule is O=C(c1cnccc1C(F)(F)F)C1CCNC1. The molecule has 1 unspecified atom stereocenters. The minimum absolute atomic E-state index is 0.325. The lowest BCUT2D eigenvalue weighted by Crippen LogP contribution is -2.21. The highest BCUT2D eigenvalue weighted by Gasteiger charge is 2.37. The van der Waals surface area contributed by atoms with Gasteiger partial charge in [0.25, 0.3) is 0 Å². The van der Waals surface area contributed by atoms with Crippen molar-refractivity contribution in [3.05, 3.63) is 29.6 Å². The molecule has 3 nitrogen and oxygen atoms in total. The Morgan fingerprint density at radius 1 is 1.47 bits per heavy atom. The molecule has 1 aliphatic heterocycles. The number of ketones is 1. The molecule has 1 N–H and O–H groups in total. The van der Waals surface area contributed by atoms with Crippen LogP contribution in [-0.4, -0.2) is 23.9 Å². The van der Waals surface area contributed by atoms with Gasteiger partial charge in [0.1, 0.15) is 0 Å². The molecule has 2 rings (SSSR count). The van der Waals surface area contributed by atoms with Crippen LogP contribution >= 0.6 is 0 Å². The van der Waals surface area contributed by atoms with Crippen LogP contribution in [0.3, 0.4) is 0 Å². The standard InChI is InChI=1S/C11H11F3N2O/c12-11(13,14)9-2-4-16-6-8(9)10(17)7-1-3-15-5-7/h2,4,6-7,15H,1,3,5H2. The van der Waals surface area contributed by atoms with Crippen molar-refractivity contribution >= 4 is 5.78 Å². The van der Waals surface area contributed by atoms with Crippen molar-refractivity contribution in [2.75, 3.05) is 13.1 Å². The zero-order valence-electron chi connectivity index (χ0n) is 8.92. The second-order valence-corrected chi connectivity index (χ2v) is 3.97. The molecule has 0 aliphatic carbocycles. The third-order valence-corrected chi connectivity index (χ3v) is 2.82. The highest BCUT2D eigenvalue weighted by Crippen LogP contribution is 2.32. The molecule has 0 saturated carbocycles. The molecule has 1 aromatic rings. The van der Waals surface area contributed by atoms with E-state index in [0.29, 0.717) is 19.5 Å². The lowest BCUT2D eigenvalue weighted by molar-refractivity contribution is -0.138. The summed E-state index contributed by atoms with van der Waals surface area (Å²) in [6.07, 6.45) is -1.89. The number of hydrogen-bond acceptors (Lipinski definition) is 3. The smallest absolute Gasteiger partial charge is 0.316 e. The van der Waals surface area contributed by atoms with Gasteiger partial charge in [-0.05, 0) is 19.0 Å². The van der Waals surface area contributed by atoms with Gasteiger partial charge in [0.05, 0.1) is 5.56 Å². The summed E-state index contributed by atoms with van der Waals surface area (Å²) < 4.78 is 38.1. The summed E-state index contributed by atoms with van der Waals surface area (Å²) in [7, 11) is 0. The van der Waals surface area contributed by atoms with Crippen LogP contribution in [0.2, 0.25) is 0 Å². The van der Waals surface area contributed by atoms with Gasteiger partial charge in [-0.2, -0.15) is 13.2 Å². The number of carbonyl (C=O) groups excluding carboxylic acids is 1. The molecule has 2 heterocycles. The Balaban J connectivity index is 2.34. The summed E-state index contributed by atoms with van der Waals surface area (Å²) >= 11 is 0. The summed E-state index contributed by atoms with van der Waals surface area (Å²) in [5.41, 5.74) is -1.22. The predicted molar refractivity (Wildman–Crippen MR) is 54.5 cm³/mol. The van der Waals surface area contributed by atoms with Crippen molar-refractivity contribution in [3.8, 4) is 0 Å². The van der Waals surface area contributed by atoms with E-state index in [0.717, 1.165) is 18.5 Å². The van der Waals surface area contributed by atoms with Crippen molar-refractivity contribution in [2.45, 2.75) is 12.6 Å². The van der Waals surface area contributed by atoms with Gasteiger partial charge < -0.3 is 5.32 Å². The van der Waals surface area contributed by atoms with Gasteiger partial charge >= 0.3 is 6.18 Å². The molecule has 92 valence electrons. The third-order valence-electron chi connectivity index (χ3n) is 2.82. The van der Waals surface area contributed by atoms with Gasteiger partial charge in [0.2, 0.25) is 0 Å². The maximum absolute atomic E-state index is 12.7. The number of halogens is 3. The topological polar surface area (TPSA) is 42.0 Å². The number of carbonyl (C=O) groups is 1. The maximum Gasteiger partial charge on any atom is 0.417 e. The van der Waals surface area contributed by atoms with E-state index < -0.39 is 17.5 Å². The number of aromatic nitrogens is 1. The summed E-state index contributed by atoms with van der Waals surface area (Å²) in [4.78, 5) is 15.5. The highest BCUT2D eigenvalue weighted by molar-refractivity contribution is 5.99. The Morgan fingerprint density at radius 2 is 2.24 bits per heavy atom. The van der Waals surface area contributed by atoms with Gasteiger partial charge in [-0.25, -0.2) is 0 Å².